The van der Waals surface area contributed by atoms with Crippen molar-refractivity contribution in [3.63, 3.8) is 0 Å². The lowest BCUT2D eigenvalue weighted by atomic mass is 9.94. The van der Waals surface area contributed by atoms with E-state index >= 15 is 0 Å². The van der Waals surface area contributed by atoms with Crippen LogP contribution in [0.4, 0.5) is 0 Å². The summed E-state index contributed by atoms with van der Waals surface area (Å²) in [6, 6.07) is 4.39. The third-order valence-corrected chi connectivity index (χ3v) is 19.9. The standard InChI is InChI=1S/C34H56N10O7.C24H45N5O6.C18H29NO7S/c1-21(2)8-4-6-16-38-28(46)19-27-33(51)44-26(18-22-11-13-23(45)14-12-22)32(50)43-25(9-3-5-15-35)31(49)42-24(10-7-17-39-34(36)37)30(48)40-20-29(47)41-27;1-20(2)6-4-5-7-25-22(31)17-27-10-8-26(16-21(3)30)9-12-28(18-23(32)33)14-15-29(13-11-27)19-24(34)35;1-11(2)7-13-5-6-16(26-4)17(8-13)27(24,25)19-14(9-20)18(23)12(3)15(22)10-21/h11-14,21,24-27,45H,3-10,15-20,35H2,1-2H3,(H,38,46)(H,40,48)(H,41,47)(H,42,49)(H,43,50)(H,44,51)(H4,36,37,39);20H,4-19H2,1-3H3,(H,25,31)(H,32,33)(H,34,35);5-6,8-9,11-12,14-15,18-19,21-23H,7,10H2,1-4H3/t24-,25-,26?,27-;;12-,14-,15-,18+/m0.1/s1. The number of methoxy groups -OCH3 is 1. The number of ketones is 1. The molecule has 2 aromatic carbocycles. The largest absolute Gasteiger partial charge is 0.508 e. The molecule has 0 radical (unpaired) electrons. The second-order valence-corrected chi connectivity index (χ2v) is 31.6. The fraction of sp³-hybridized carbons (Fsp3) is 0.684. The molecule has 7 amide bonds. The molecule has 2 heterocycles. The molecule has 2 saturated heterocycles. The minimum Gasteiger partial charge on any atom is -0.508 e. The van der Waals surface area contributed by atoms with Crippen LogP contribution in [-0.2, 0) is 75.6 Å². The zero-order chi connectivity index (χ0) is 84.8. The zero-order valence-electron chi connectivity index (χ0n) is 67.4. The lowest BCUT2D eigenvalue weighted by Crippen LogP contribution is -2.58. The van der Waals surface area contributed by atoms with Crippen molar-refractivity contribution in [3.8, 4) is 11.5 Å². The van der Waals surface area contributed by atoms with Crippen LogP contribution in [0.2, 0.25) is 0 Å². The Morgan fingerprint density at radius 1 is 0.628 bits per heavy atom. The highest BCUT2D eigenvalue weighted by molar-refractivity contribution is 7.89. The van der Waals surface area contributed by atoms with Crippen LogP contribution in [0.3, 0.4) is 0 Å². The van der Waals surface area contributed by atoms with Crippen molar-refractivity contribution in [2.45, 2.75) is 193 Å². The lowest BCUT2D eigenvalue weighted by Gasteiger charge is -2.33. The number of nitrogens with one attached hydrogen (secondary N) is 8. The summed E-state index contributed by atoms with van der Waals surface area (Å²) in [4.78, 5) is 150. The first-order valence-corrected chi connectivity index (χ1v) is 40.4. The van der Waals surface area contributed by atoms with E-state index in [-0.39, 0.29) is 92.3 Å². The summed E-state index contributed by atoms with van der Waals surface area (Å²) in [5.41, 5.74) is 17.8. The second-order valence-electron chi connectivity index (χ2n) is 29.9. The van der Waals surface area contributed by atoms with E-state index in [1.54, 1.807) is 28.0 Å². The topological polar surface area (TPSA) is 552 Å². The Labute approximate surface area is 665 Å². The number of aldehydes is 1. The number of carboxylic acids is 2. The van der Waals surface area contributed by atoms with Gasteiger partial charge in [-0.25, -0.2) is 8.42 Å². The summed E-state index contributed by atoms with van der Waals surface area (Å²) in [7, 11) is -2.86. The summed E-state index contributed by atoms with van der Waals surface area (Å²) in [6.07, 6.45) is 5.02. The highest BCUT2D eigenvalue weighted by Crippen LogP contribution is 2.27. The molecular weight excluding hydrogens is 1490 g/mol. The maximum absolute atomic E-state index is 13.9. The fourth-order valence-electron chi connectivity index (χ4n) is 12.1. The minimum atomic E-state index is -4.19. The number of ether oxygens (including phenoxy) is 1. The number of phenols is 1. The van der Waals surface area contributed by atoms with Crippen LogP contribution >= 0.6 is 0 Å². The number of guanidine groups is 1. The van der Waals surface area contributed by atoms with Crippen LogP contribution in [0, 0.1) is 23.7 Å². The van der Waals surface area contributed by atoms with Crippen molar-refractivity contribution in [3.05, 3.63) is 53.6 Å². The number of benzene rings is 2. The van der Waals surface area contributed by atoms with E-state index in [0.29, 0.717) is 121 Å². The maximum Gasteiger partial charge on any atom is 0.317 e. The molecule has 0 bridgehead atoms. The number of aliphatic hydroxyl groups is 3. The molecular formula is C76H130N16O20S. The second kappa shape index (κ2) is 55.1. The summed E-state index contributed by atoms with van der Waals surface area (Å²) in [6.45, 7) is 19.9. The number of carbonyl (C=O) groups excluding carboxylic acids is 9. The van der Waals surface area contributed by atoms with Crippen LogP contribution in [0.5, 0.6) is 11.5 Å². The normalized spacial score (nSPS) is 18.8. The Bertz CT molecular complexity index is 3370. The van der Waals surface area contributed by atoms with Gasteiger partial charge < -0.3 is 94.6 Å². The van der Waals surface area contributed by atoms with Gasteiger partial charge in [0.1, 0.15) is 58.7 Å². The predicted octanol–water partition coefficient (Wildman–Crippen LogP) is -1.48. The molecule has 640 valence electrons. The van der Waals surface area contributed by atoms with Crippen molar-refractivity contribution in [1.29, 1.82) is 0 Å². The minimum absolute atomic E-state index is 0.0000445. The van der Waals surface area contributed by atoms with E-state index in [1.807, 2.05) is 23.6 Å². The molecule has 0 saturated carbocycles. The Kier molecular flexibility index (Phi) is 49.0. The first-order chi connectivity index (χ1) is 53.4. The monoisotopic (exact) mass is 1620 g/mol. The highest BCUT2D eigenvalue weighted by Gasteiger charge is 2.36. The number of phenolic OH excluding ortho intramolecular Hbond substituents is 1. The van der Waals surface area contributed by atoms with Crippen molar-refractivity contribution < 1.29 is 96.5 Å². The van der Waals surface area contributed by atoms with Crippen LogP contribution in [-0.4, -0.2) is 297 Å². The van der Waals surface area contributed by atoms with Gasteiger partial charge >= 0.3 is 11.9 Å². The molecule has 2 aliphatic rings. The number of aliphatic hydroxyl groups excluding tert-OH is 3. The molecule has 20 N–H and O–H groups in total. The van der Waals surface area contributed by atoms with E-state index in [1.165, 1.54) is 45.2 Å². The SMILES string of the molecule is CC(=O)CN1CCN(CC(=O)O)CCN(CC(=O)O)CCN(CC(=O)NCCCCC(C)C)CC1.CC(C)CCCCNC(=O)C[C@@H]1NC(=O)CNC(=O)[C@H](CCCN=C(N)N)NC(=O)[C@H](CCCCN)NC(=O)C(Cc2ccc(O)cc2)NC1=O.COc1ccc(CC(C)C)cc1S(=O)(=O)N[C@H](C=O)[C@@H](O)[C@H](C)[C@H](O)CO. The van der Waals surface area contributed by atoms with E-state index in [0.717, 1.165) is 44.1 Å². The predicted molar refractivity (Wildman–Crippen MR) is 425 cm³/mol. The van der Waals surface area contributed by atoms with Crippen molar-refractivity contribution in [1.82, 2.24) is 61.5 Å². The maximum atomic E-state index is 13.9. The first kappa shape index (κ1) is 101. The fourth-order valence-corrected chi connectivity index (χ4v) is 13.5. The number of hydrogen-bond donors (Lipinski definition) is 17. The smallest absolute Gasteiger partial charge is 0.317 e. The molecule has 36 nitrogen and oxygen atoms in total. The van der Waals surface area contributed by atoms with Crippen LogP contribution in [0.25, 0.3) is 0 Å². The molecule has 37 heteroatoms. The van der Waals surface area contributed by atoms with Crippen LogP contribution in [0.1, 0.15) is 144 Å². The van der Waals surface area contributed by atoms with E-state index in [9.17, 15) is 86.7 Å². The lowest BCUT2D eigenvalue weighted by molar-refractivity contribution is -0.140. The molecule has 113 heavy (non-hydrogen) atoms. The molecule has 8 atom stereocenters. The molecule has 0 aromatic heterocycles. The molecule has 2 aromatic rings. The summed E-state index contributed by atoms with van der Waals surface area (Å²) >= 11 is 0. The molecule has 0 spiro atoms. The Balaban J connectivity index is 0.000000609. The van der Waals surface area contributed by atoms with Gasteiger partial charge in [0.2, 0.25) is 51.4 Å². The number of unbranched alkanes of at least 4 members (excludes halogenated alkanes) is 3. The molecule has 2 aliphatic heterocycles. The average Bonchev–Trinajstić information content (AvgIpc) is 0.963. The van der Waals surface area contributed by atoms with Gasteiger partial charge in [0.25, 0.3) is 0 Å². The summed E-state index contributed by atoms with van der Waals surface area (Å²) in [5, 5.41) is 76.0. The van der Waals surface area contributed by atoms with Crippen LogP contribution < -0.4 is 63.9 Å². The number of hydrogen-bond acceptors (Lipinski definition) is 24. The number of Topliss-reactive ketones (excluding diaryl/α,β-unsaturated/α-hetero) is 1. The Morgan fingerprint density at radius 3 is 1.60 bits per heavy atom. The van der Waals surface area contributed by atoms with Gasteiger partial charge in [0, 0.05) is 84.3 Å². The quantitative estimate of drug-likeness (QED) is 0.0156. The first-order valence-electron chi connectivity index (χ1n) is 38.9. The van der Waals surface area contributed by atoms with Gasteiger partial charge in [-0.15, -0.1) is 0 Å². The van der Waals surface area contributed by atoms with Gasteiger partial charge in [-0.1, -0.05) is 92.3 Å². The number of nitrogens with zero attached hydrogens (tertiary/aromatic N) is 5. The average molecular weight is 1620 g/mol. The molecule has 0 aliphatic carbocycles. The van der Waals surface area contributed by atoms with Gasteiger partial charge in [0.05, 0.1) is 65.1 Å². The zero-order valence-corrected chi connectivity index (χ0v) is 68.2. The van der Waals surface area contributed by atoms with Gasteiger partial charge in [0.15, 0.2) is 5.96 Å². The van der Waals surface area contributed by atoms with Crippen molar-refractivity contribution in [2.24, 2.45) is 45.9 Å². The van der Waals surface area contributed by atoms with Crippen molar-refractivity contribution >= 4 is 81.3 Å². The van der Waals surface area contributed by atoms with E-state index in [4.69, 9.17) is 27.0 Å². The van der Waals surface area contributed by atoms with Gasteiger partial charge in [-0.05, 0) is 118 Å². The molecule has 2 fully saturated rings. The van der Waals surface area contributed by atoms with Crippen LogP contribution in [0.15, 0.2) is 52.4 Å². The number of carboxylic acid groups (broad SMARTS) is 2. The van der Waals surface area contributed by atoms with Gasteiger partial charge in [-0.2, -0.15) is 4.72 Å². The third kappa shape index (κ3) is 43.5. The van der Waals surface area contributed by atoms with E-state index < -0.39 is 125 Å². The highest BCUT2D eigenvalue weighted by atomic mass is 32.2. The summed E-state index contributed by atoms with van der Waals surface area (Å²) in [5.74, 6) is -5.52. The molecule has 1 unspecified atom stereocenters. The van der Waals surface area contributed by atoms with Crippen molar-refractivity contribution in [2.75, 3.05) is 125 Å². The van der Waals surface area contributed by atoms with Gasteiger partial charge in [-0.3, -0.25) is 72.5 Å². The molecule has 4 rings (SSSR count). The number of aliphatic imine (C=N–C) groups is 1. The number of sulfonamides is 1. The third-order valence-electron chi connectivity index (χ3n) is 18.5. The van der Waals surface area contributed by atoms with E-state index in [2.05, 4.69) is 74.6 Å². The number of aliphatic carboxylic acids is 2. The Hall–Kier alpha value is -8.53. The Morgan fingerprint density at radius 2 is 1.12 bits per heavy atom. The number of rotatable bonds is 41. The summed E-state index contributed by atoms with van der Waals surface area (Å²) < 4.78 is 32.9. The number of amides is 7. The number of nitrogens with two attached hydrogens (primary N) is 3. The number of aromatic hydroxyl groups is 1. The number of carbonyl (C=O) groups is 11.